The van der Waals surface area contributed by atoms with Gasteiger partial charge in [-0.2, -0.15) is 0 Å². The summed E-state index contributed by atoms with van der Waals surface area (Å²) in [5, 5.41) is 0.607. The molecule has 0 N–H and O–H groups in total. The molecule has 112 valence electrons. The summed E-state index contributed by atoms with van der Waals surface area (Å²) in [6.45, 7) is 6.40. The molecule has 2 nitrogen and oxygen atoms in total. The van der Waals surface area contributed by atoms with E-state index in [0.717, 1.165) is 5.75 Å². The lowest BCUT2D eigenvalue weighted by Crippen LogP contribution is -2.26. The SMILES string of the molecule is CC(Oc1ccc(SC(C)C)cc1)OC1CCCCC1. The van der Waals surface area contributed by atoms with Crippen molar-refractivity contribution in [1.82, 2.24) is 0 Å². The first-order chi connectivity index (χ1) is 9.63. The van der Waals surface area contributed by atoms with E-state index < -0.39 is 0 Å². The number of rotatable bonds is 6. The molecule has 1 atom stereocenters. The summed E-state index contributed by atoms with van der Waals surface area (Å²) in [6.07, 6.45) is 6.51. The predicted molar refractivity (Wildman–Crippen MR) is 85.5 cm³/mol. The lowest BCUT2D eigenvalue weighted by molar-refractivity contribution is -0.116. The monoisotopic (exact) mass is 294 g/mol. The Kier molecular flexibility index (Phi) is 6.24. The van der Waals surface area contributed by atoms with Crippen molar-refractivity contribution in [2.24, 2.45) is 0 Å². The van der Waals surface area contributed by atoms with E-state index >= 15 is 0 Å². The Balaban J connectivity index is 1.79. The third-order valence-electron chi connectivity index (χ3n) is 3.43. The van der Waals surface area contributed by atoms with Crippen LogP contribution >= 0.6 is 11.8 Å². The summed E-state index contributed by atoms with van der Waals surface area (Å²) in [6, 6.07) is 8.30. The second-order valence-electron chi connectivity index (χ2n) is 5.72. The molecule has 1 aliphatic carbocycles. The van der Waals surface area contributed by atoms with Gasteiger partial charge in [0.05, 0.1) is 6.10 Å². The summed E-state index contributed by atoms with van der Waals surface area (Å²) in [7, 11) is 0. The number of thioether (sulfide) groups is 1. The molecule has 3 heteroatoms. The van der Waals surface area contributed by atoms with Crippen LogP contribution < -0.4 is 4.74 Å². The first kappa shape index (κ1) is 15.7. The minimum Gasteiger partial charge on any atom is -0.465 e. The molecule has 0 spiro atoms. The van der Waals surface area contributed by atoms with E-state index in [2.05, 4.69) is 26.0 Å². The van der Waals surface area contributed by atoms with E-state index in [4.69, 9.17) is 9.47 Å². The molecule has 0 bridgehead atoms. The zero-order chi connectivity index (χ0) is 14.4. The number of benzene rings is 1. The molecule has 1 saturated carbocycles. The van der Waals surface area contributed by atoms with Crippen molar-refractivity contribution < 1.29 is 9.47 Å². The van der Waals surface area contributed by atoms with Gasteiger partial charge in [0.25, 0.3) is 0 Å². The first-order valence-corrected chi connectivity index (χ1v) is 8.60. The largest absolute Gasteiger partial charge is 0.465 e. The molecule has 0 aromatic heterocycles. The lowest BCUT2D eigenvalue weighted by Gasteiger charge is -2.26. The minimum atomic E-state index is -0.165. The van der Waals surface area contributed by atoms with Gasteiger partial charge in [0, 0.05) is 10.1 Å². The van der Waals surface area contributed by atoms with Crippen LogP contribution in [0, 0.1) is 0 Å². The Labute approximate surface area is 127 Å². The van der Waals surface area contributed by atoms with Gasteiger partial charge in [0.15, 0.2) is 6.29 Å². The highest BCUT2D eigenvalue weighted by molar-refractivity contribution is 7.99. The normalized spacial score (nSPS) is 18.2. The van der Waals surface area contributed by atoms with Crippen molar-refractivity contribution in [1.29, 1.82) is 0 Å². The van der Waals surface area contributed by atoms with Gasteiger partial charge < -0.3 is 9.47 Å². The van der Waals surface area contributed by atoms with Gasteiger partial charge in [-0.3, -0.25) is 0 Å². The van der Waals surface area contributed by atoms with Crippen LogP contribution in [0.3, 0.4) is 0 Å². The fraction of sp³-hybridized carbons (Fsp3) is 0.647. The summed E-state index contributed by atoms with van der Waals surface area (Å²) in [5.74, 6) is 0.890. The van der Waals surface area contributed by atoms with Gasteiger partial charge in [0.2, 0.25) is 0 Å². The van der Waals surface area contributed by atoms with E-state index in [1.807, 2.05) is 30.8 Å². The molecule has 0 radical (unpaired) electrons. The molecule has 1 unspecified atom stereocenters. The Bertz CT molecular complexity index is 382. The highest BCUT2D eigenvalue weighted by Crippen LogP contribution is 2.26. The second-order valence-corrected chi connectivity index (χ2v) is 7.37. The highest BCUT2D eigenvalue weighted by Gasteiger charge is 2.17. The first-order valence-electron chi connectivity index (χ1n) is 7.72. The molecule has 1 fully saturated rings. The van der Waals surface area contributed by atoms with Gasteiger partial charge in [0.1, 0.15) is 5.75 Å². The third-order valence-corrected chi connectivity index (χ3v) is 4.45. The summed E-state index contributed by atoms with van der Waals surface area (Å²) >= 11 is 1.87. The number of hydrogen-bond acceptors (Lipinski definition) is 3. The van der Waals surface area contributed by atoms with Gasteiger partial charge in [-0.15, -0.1) is 11.8 Å². The molecule has 0 amide bonds. The van der Waals surface area contributed by atoms with Crippen molar-refractivity contribution in [3.8, 4) is 5.75 Å². The van der Waals surface area contributed by atoms with Crippen LogP contribution in [-0.4, -0.2) is 17.6 Å². The van der Waals surface area contributed by atoms with Gasteiger partial charge >= 0.3 is 0 Å². The highest BCUT2D eigenvalue weighted by atomic mass is 32.2. The molecule has 0 aliphatic heterocycles. The second kappa shape index (κ2) is 7.94. The van der Waals surface area contributed by atoms with Crippen molar-refractivity contribution in [3.63, 3.8) is 0 Å². The Morgan fingerprint density at radius 2 is 1.65 bits per heavy atom. The van der Waals surface area contributed by atoms with E-state index in [9.17, 15) is 0 Å². The van der Waals surface area contributed by atoms with Gasteiger partial charge in [-0.1, -0.05) is 33.1 Å². The van der Waals surface area contributed by atoms with Gasteiger partial charge in [-0.25, -0.2) is 0 Å². The van der Waals surface area contributed by atoms with Crippen LogP contribution in [0.25, 0.3) is 0 Å². The van der Waals surface area contributed by atoms with Crippen LogP contribution in [0.1, 0.15) is 52.9 Å². The van der Waals surface area contributed by atoms with Crippen molar-refractivity contribution >= 4 is 11.8 Å². The minimum absolute atomic E-state index is 0.165. The fourth-order valence-corrected chi connectivity index (χ4v) is 3.40. The van der Waals surface area contributed by atoms with Crippen LogP contribution in [0.2, 0.25) is 0 Å². The molecule has 1 aromatic rings. The quantitative estimate of drug-likeness (QED) is 0.526. The average Bonchev–Trinajstić information content (AvgIpc) is 2.41. The topological polar surface area (TPSA) is 18.5 Å². The molecule has 1 aliphatic rings. The zero-order valence-corrected chi connectivity index (χ0v) is 13.6. The molecule has 2 rings (SSSR count). The smallest absolute Gasteiger partial charge is 0.197 e. The Morgan fingerprint density at radius 1 is 1.00 bits per heavy atom. The summed E-state index contributed by atoms with van der Waals surface area (Å²) in [4.78, 5) is 1.29. The van der Waals surface area contributed by atoms with Crippen LogP contribution in [-0.2, 0) is 4.74 Å². The molecular formula is C17H26O2S. The number of ether oxygens (including phenoxy) is 2. The predicted octanol–water partition coefficient (Wildman–Crippen LogP) is 5.26. The van der Waals surface area contributed by atoms with Crippen LogP contribution in [0.5, 0.6) is 5.75 Å². The van der Waals surface area contributed by atoms with E-state index in [-0.39, 0.29) is 6.29 Å². The fourth-order valence-electron chi connectivity index (χ4n) is 2.56. The molecule has 0 heterocycles. The van der Waals surface area contributed by atoms with E-state index in [0.29, 0.717) is 11.4 Å². The molecule has 0 saturated heterocycles. The molecular weight excluding hydrogens is 268 g/mol. The molecule has 20 heavy (non-hydrogen) atoms. The average molecular weight is 294 g/mol. The van der Waals surface area contributed by atoms with E-state index in [1.54, 1.807) is 0 Å². The van der Waals surface area contributed by atoms with Crippen LogP contribution in [0.4, 0.5) is 0 Å². The maximum Gasteiger partial charge on any atom is 0.197 e. The van der Waals surface area contributed by atoms with Crippen molar-refractivity contribution in [3.05, 3.63) is 24.3 Å². The van der Waals surface area contributed by atoms with Crippen molar-refractivity contribution in [2.75, 3.05) is 0 Å². The summed E-state index contributed by atoms with van der Waals surface area (Å²) < 4.78 is 11.8. The third kappa shape index (κ3) is 5.37. The maximum absolute atomic E-state index is 5.96. The van der Waals surface area contributed by atoms with Crippen molar-refractivity contribution in [2.45, 2.75) is 75.4 Å². The summed E-state index contributed by atoms with van der Waals surface area (Å²) in [5.41, 5.74) is 0. The van der Waals surface area contributed by atoms with E-state index in [1.165, 1.54) is 37.0 Å². The Hall–Kier alpha value is -0.670. The number of hydrogen-bond donors (Lipinski definition) is 0. The Morgan fingerprint density at radius 3 is 2.25 bits per heavy atom. The maximum atomic E-state index is 5.96. The molecule has 1 aromatic carbocycles. The zero-order valence-electron chi connectivity index (χ0n) is 12.8. The standard InChI is InChI=1S/C17H26O2S/c1-13(2)20-17-11-9-16(10-12-17)19-14(3)18-15-7-5-4-6-8-15/h9-15H,4-8H2,1-3H3. The van der Waals surface area contributed by atoms with Gasteiger partial charge in [-0.05, 0) is 44.0 Å². The lowest BCUT2D eigenvalue weighted by atomic mass is 9.98. The van der Waals surface area contributed by atoms with Crippen LogP contribution in [0.15, 0.2) is 29.2 Å².